The van der Waals surface area contributed by atoms with E-state index >= 15 is 0 Å². The molecule has 0 N–H and O–H groups in total. The van der Waals surface area contributed by atoms with Crippen molar-refractivity contribution in [3.05, 3.63) is 291 Å². The van der Waals surface area contributed by atoms with Crippen LogP contribution in [0.1, 0.15) is 100 Å². The molecule has 0 amide bonds. The van der Waals surface area contributed by atoms with Crippen molar-refractivity contribution in [3.8, 4) is 11.1 Å². The summed E-state index contributed by atoms with van der Waals surface area (Å²) < 4.78 is 272. The van der Waals surface area contributed by atoms with Gasteiger partial charge in [0.1, 0.15) is 17.5 Å². The second kappa shape index (κ2) is 30.1. The second-order valence-electron chi connectivity index (χ2n) is 22.5. The largest absolute Gasteiger partial charge is 0.417 e. The molecular weight excluding hydrogens is 1280 g/mol. The predicted octanol–water partition coefficient (Wildman–Crippen LogP) is 24.4. The summed E-state index contributed by atoms with van der Waals surface area (Å²) in [4.78, 5) is 0. The first kappa shape index (κ1) is 76.0. The number of halogens is 21. The standard InChI is InChI=1S/C15H12F2.C12H9F3.C12H10F2.C10H8F6.C8H6F4.2C8H8F2/c1-9-3-5-11-12-6-4-10(2)8-14(12)15(16,17)13(11)7-9;1-6-3-4-8-5-7(2)11(14)12(15)9(8)10(6)13;1-7-3-4-9-6-8(2)11(13)12(14)10(9)5-7;1-5-3-4-6(2)8(10(14,15)16)7(5)9(11,12)13;1-3-5(9)7(11)4(2)8(12)6(3)10;1-5-3-7(9)6(2)8(10)4-5;1-5-3-4-6(2)8(10)7(5)9/h3-8H,1-2H3;3-5H,1-2H3;3-6H,1-2H3;3-4H,1-2H3;1-2H3;2*3-4H,1-2H3. The molecule has 0 nitrogen and oxygen atoms in total. The maximum Gasteiger partial charge on any atom is 0.417 e. The van der Waals surface area contributed by atoms with Gasteiger partial charge in [-0.3, -0.25) is 0 Å². The highest BCUT2D eigenvalue weighted by Gasteiger charge is 2.46. The first-order valence-electron chi connectivity index (χ1n) is 28.2. The molecule has 0 saturated heterocycles. The lowest BCUT2D eigenvalue weighted by molar-refractivity contribution is -0.162. The van der Waals surface area contributed by atoms with Crippen molar-refractivity contribution >= 4 is 21.5 Å². The Balaban J connectivity index is 0.000000200. The van der Waals surface area contributed by atoms with Crippen LogP contribution in [0.4, 0.5) is 92.2 Å². The maximum atomic E-state index is 14.3. The molecule has 1 aliphatic carbocycles. The zero-order valence-electron chi connectivity index (χ0n) is 52.9. The average Bonchev–Trinajstić information content (AvgIpc) is 1.57. The molecule has 0 spiro atoms. The number of alkyl halides is 8. The van der Waals surface area contributed by atoms with Crippen LogP contribution in [0.2, 0.25) is 0 Å². The Bertz CT molecular complexity index is 4210. The lowest BCUT2D eigenvalue weighted by Gasteiger charge is -2.19. The van der Waals surface area contributed by atoms with Gasteiger partial charge in [0.2, 0.25) is 0 Å². The van der Waals surface area contributed by atoms with Crippen molar-refractivity contribution in [2.45, 2.75) is 115 Å². The summed E-state index contributed by atoms with van der Waals surface area (Å²) in [6.07, 6.45) is -10.00. The summed E-state index contributed by atoms with van der Waals surface area (Å²) in [6, 6.07) is 29.9. The molecule has 0 radical (unpaired) electrons. The van der Waals surface area contributed by atoms with Gasteiger partial charge in [-0.05, 0) is 206 Å². The average molecular weight is 1340 g/mol. The van der Waals surface area contributed by atoms with E-state index in [-0.39, 0.29) is 27.6 Å². The van der Waals surface area contributed by atoms with Gasteiger partial charge < -0.3 is 0 Å². The molecule has 0 heterocycles. The van der Waals surface area contributed by atoms with Gasteiger partial charge >= 0.3 is 12.4 Å². The predicted molar refractivity (Wildman–Crippen MR) is 324 cm³/mol. The Hall–Kier alpha value is -8.75. The first-order valence-corrected chi connectivity index (χ1v) is 28.2. The number of rotatable bonds is 0. The van der Waals surface area contributed by atoms with Crippen LogP contribution in [-0.4, -0.2) is 0 Å². The Morgan fingerprint density at radius 2 is 0.585 bits per heavy atom. The minimum atomic E-state index is -5.00. The molecule has 21 heteroatoms. The molecule has 0 aliphatic heterocycles. The number of hydrogen-bond donors (Lipinski definition) is 0. The quantitative estimate of drug-likeness (QED) is 0.105. The van der Waals surface area contributed by atoms with E-state index in [1.807, 2.05) is 39.0 Å². The highest BCUT2D eigenvalue weighted by atomic mass is 19.4. The maximum absolute atomic E-state index is 14.3. The van der Waals surface area contributed by atoms with E-state index < -0.39 is 127 Å². The Labute approximate surface area is 529 Å². The van der Waals surface area contributed by atoms with Gasteiger partial charge in [-0.1, -0.05) is 89.5 Å². The van der Waals surface area contributed by atoms with Gasteiger partial charge in [-0.2, -0.15) is 35.1 Å². The van der Waals surface area contributed by atoms with E-state index in [1.165, 1.54) is 52.8 Å². The third-order valence-electron chi connectivity index (χ3n) is 15.0. The summed E-state index contributed by atoms with van der Waals surface area (Å²) in [5, 5.41) is 1.22. The minimum Gasteiger partial charge on any atom is -0.207 e. The number of aryl methyl sites for hydroxylation is 11. The first-order chi connectivity index (χ1) is 43.4. The third-order valence-corrected chi connectivity index (χ3v) is 15.0. The summed E-state index contributed by atoms with van der Waals surface area (Å²) in [6.45, 7) is 20.2. The summed E-state index contributed by atoms with van der Waals surface area (Å²) >= 11 is 0. The summed E-state index contributed by atoms with van der Waals surface area (Å²) in [5.41, 5.74) is 1.20. The minimum absolute atomic E-state index is 0.0885. The van der Waals surface area contributed by atoms with E-state index in [0.717, 1.165) is 61.9 Å². The second-order valence-corrected chi connectivity index (χ2v) is 22.5. The summed E-state index contributed by atoms with van der Waals surface area (Å²) in [7, 11) is 0. The molecule has 0 unspecified atom stereocenters. The van der Waals surface area contributed by atoms with Crippen LogP contribution in [-0.2, 0) is 18.3 Å². The smallest absolute Gasteiger partial charge is 0.207 e. The Morgan fingerprint density at radius 3 is 0.989 bits per heavy atom. The van der Waals surface area contributed by atoms with Crippen molar-refractivity contribution in [2.75, 3.05) is 0 Å². The van der Waals surface area contributed by atoms with Crippen molar-refractivity contribution < 1.29 is 92.2 Å². The highest BCUT2D eigenvalue weighted by Crippen LogP contribution is 2.51. The fourth-order valence-corrected chi connectivity index (χ4v) is 9.55. The monoisotopic (exact) mass is 1340 g/mol. The van der Waals surface area contributed by atoms with Gasteiger partial charge in [-0.15, -0.1) is 0 Å². The van der Waals surface area contributed by atoms with Crippen molar-refractivity contribution in [2.24, 2.45) is 0 Å². The van der Waals surface area contributed by atoms with E-state index in [0.29, 0.717) is 49.7 Å². The highest BCUT2D eigenvalue weighted by molar-refractivity contribution is 5.86. The van der Waals surface area contributed by atoms with Gasteiger partial charge in [0.15, 0.2) is 58.2 Å². The molecule has 500 valence electrons. The molecule has 94 heavy (non-hydrogen) atoms. The fraction of sp³-hybridized carbons (Fsp3) is 0.233. The van der Waals surface area contributed by atoms with Crippen LogP contribution >= 0.6 is 0 Å². The zero-order valence-corrected chi connectivity index (χ0v) is 52.9. The molecule has 0 aromatic heterocycles. The summed E-state index contributed by atoms with van der Waals surface area (Å²) in [5.74, 6) is -14.9. The Kier molecular flexibility index (Phi) is 24.3. The van der Waals surface area contributed by atoms with Crippen LogP contribution in [0.5, 0.6) is 0 Å². The number of fused-ring (bicyclic) bond motifs is 5. The van der Waals surface area contributed by atoms with E-state index in [2.05, 4.69) is 0 Å². The van der Waals surface area contributed by atoms with Gasteiger partial charge in [0.25, 0.3) is 5.92 Å². The molecule has 10 aromatic carbocycles. The lowest BCUT2D eigenvalue weighted by Crippen LogP contribution is -2.19. The molecule has 0 fully saturated rings. The van der Waals surface area contributed by atoms with Gasteiger partial charge in [0.05, 0.1) is 16.5 Å². The molecular formula is C73H61F21. The number of benzene rings is 10. The van der Waals surface area contributed by atoms with Crippen LogP contribution < -0.4 is 0 Å². The van der Waals surface area contributed by atoms with Crippen molar-refractivity contribution in [3.63, 3.8) is 0 Å². The van der Waals surface area contributed by atoms with Crippen LogP contribution in [0.25, 0.3) is 32.7 Å². The van der Waals surface area contributed by atoms with Crippen LogP contribution in [0.15, 0.2) is 115 Å². The van der Waals surface area contributed by atoms with Crippen LogP contribution in [0.3, 0.4) is 0 Å². The van der Waals surface area contributed by atoms with Gasteiger partial charge in [-0.25, -0.2) is 57.1 Å². The van der Waals surface area contributed by atoms with Gasteiger partial charge in [0, 0.05) is 33.2 Å². The molecule has 10 aromatic rings. The fourth-order valence-electron chi connectivity index (χ4n) is 9.55. The molecule has 0 atom stereocenters. The topological polar surface area (TPSA) is 0 Å². The lowest BCUT2D eigenvalue weighted by atomic mass is 9.96. The molecule has 1 aliphatic rings. The third kappa shape index (κ3) is 17.1. The van der Waals surface area contributed by atoms with Crippen LogP contribution in [0, 0.1) is 173 Å². The Morgan fingerprint density at radius 1 is 0.266 bits per heavy atom. The van der Waals surface area contributed by atoms with Crippen molar-refractivity contribution in [1.82, 2.24) is 0 Å². The van der Waals surface area contributed by atoms with E-state index in [1.54, 1.807) is 80.6 Å². The van der Waals surface area contributed by atoms with E-state index in [9.17, 15) is 92.2 Å². The zero-order chi connectivity index (χ0) is 71.3. The SMILES string of the molecule is Cc1c(F)c(F)c(C)c(F)c1F.Cc1cc(F)c(C)c(F)c1.Cc1cc2ccc(C)c(F)c2c(F)c1F.Cc1ccc(C)c(C(F)(F)F)c1C(F)(F)F.Cc1ccc(C)c(F)c1F.Cc1ccc2c(c1)C(F)(F)c1cc(C)ccc1-2.Cc1ccc2cc(C)c(F)c(F)c2c1. The normalized spacial score (nSPS) is 11.9. The molecule has 11 rings (SSSR count). The molecule has 0 saturated carbocycles. The number of hydrogen-bond acceptors (Lipinski definition) is 0. The van der Waals surface area contributed by atoms with Crippen molar-refractivity contribution in [1.29, 1.82) is 0 Å². The molecule has 0 bridgehead atoms. The van der Waals surface area contributed by atoms with E-state index in [4.69, 9.17) is 0 Å².